The molecule has 0 radical (unpaired) electrons. The second-order valence-corrected chi connectivity index (χ2v) is 3.78. The lowest BCUT2D eigenvalue weighted by atomic mass is 10.3. The fraction of sp³-hybridized carbons (Fsp3) is 0.250. The minimum absolute atomic E-state index is 0.695. The number of rotatable bonds is 2. The van der Waals surface area contributed by atoms with E-state index < -0.39 is 0 Å². The molecule has 1 aromatic carbocycles. The molecule has 0 spiro atoms. The number of hydrogen-bond donors (Lipinski definition) is 0. The Kier molecular flexibility index (Phi) is 3.40. The predicted octanol–water partition coefficient (Wildman–Crippen LogP) is 3.61. The summed E-state index contributed by atoms with van der Waals surface area (Å²) < 4.78 is 7.35. The smallest absolute Gasteiger partial charge is 0.133 e. The van der Waals surface area contributed by atoms with Crippen molar-refractivity contribution in [2.75, 3.05) is 6.61 Å². The zero-order valence-electron chi connectivity index (χ0n) is 6.10. The molecule has 1 aromatic rings. The molecule has 0 unspecified atom stereocenters. The van der Waals surface area contributed by atoms with Crippen LogP contribution in [0.1, 0.15) is 6.92 Å². The first kappa shape index (κ1) is 9.07. The second-order valence-electron chi connectivity index (χ2n) is 2.01. The van der Waals surface area contributed by atoms with Crippen LogP contribution in [0, 0.1) is 0 Å². The van der Waals surface area contributed by atoms with Crippen molar-refractivity contribution in [3.8, 4) is 5.75 Å². The molecule has 0 bridgehead atoms. The van der Waals surface area contributed by atoms with E-state index in [-0.39, 0.29) is 0 Å². The number of ether oxygens (including phenoxy) is 1. The van der Waals surface area contributed by atoms with Gasteiger partial charge in [0.15, 0.2) is 0 Å². The first-order chi connectivity index (χ1) is 5.24. The summed E-state index contributed by atoms with van der Waals surface area (Å²) in [7, 11) is 0. The van der Waals surface area contributed by atoms with Gasteiger partial charge in [-0.15, -0.1) is 0 Å². The van der Waals surface area contributed by atoms with Gasteiger partial charge in [-0.25, -0.2) is 0 Å². The van der Waals surface area contributed by atoms with Gasteiger partial charge >= 0.3 is 0 Å². The standard InChI is InChI=1S/C8H8Br2O/c1-2-11-8-4-3-6(9)5-7(8)10/h3-5H,2H2,1H3. The SMILES string of the molecule is CCOc1ccc(Br)cc1Br. The van der Waals surface area contributed by atoms with Crippen LogP contribution in [0.25, 0.3) is 0 Å². The highest BCUT2D eigenvalue weighted by atomic mass is 79.9. The Balaban J connectivity index is 2.90. The topological polar surface area (TPSA) is 9.23 Å². The van der Waals surface area contributed by atoms with Crippen molar-refractivity contribution in [1.29, 1.82) is 0 Å². The average molecular weight is 280 g/mol. The molecule has 11 heavy (non-hydrogen) atoms. The Morgan fingerprint density at radius 1 is 1.36 bits per heavy atom. The zero-order valence-corrected chi connectivity index (χ0v) is 9.28. The number of halogens is 2. The van der Waals surface area contributed by atoms with Crippen LogP contribution in [0.15, 0.2) is 27.1 Å². The summed E-state index contributed by atoms with van der Waals surface area (Å²) in [5.74, 6) is 0.885. The molecule has 0 saturated carbocycles. The third-order valence-electron chi connectivity index (χ3n) is 1.19. The molecule has 0 saturated heterocycles. The van der Waals surface area contributed by atoms with Crippen molar-refractivity contribution in [2.24, 2.45) is 0 Å². The second kappa shape index (κ2) is 4.12. The van der Waals surface area contributed by atoms with E-state index in [1.165, 1.54) is 0 Å². The van der Waals surface area contributed by atoms with E-state index in [0.29, 0.717) is 6.61 Å². The fourth-order valence-electron chi connectivity index (χ4n) is 0.748. The summed E-state index contributed by atoms with van der Waals surface area (Å²) in [6.07, 6.45) is 0. The van der Waals surface area contributed by atoms with Crippen LogP contribution in [0.2, 0.25) is 0 Å². The van der Waals surface area contributed by atoms with Crippen molar-refractivity contribution in [3.63, 3.8) is 0 Å². The molecule has 0 aliphatic rings. The Morgan fingerprint density at radius 2 is 2.09 bits per heavy atom. The summed E-state index contributed by atoms with van der Waals surface area (Å²) in [6, 6.07) is 5.85. The summed E-state index contributed by atoms with van der Waals surface area (Å²) in [5.41, 5.74) is 0. The van der Waals surface area contributed by atoms with Crippen LogP contribution >= 0.6 is 31.9 Å². The van der Waals surface area contributed by atoms with E-state index in [4.69, 9.17) is 4.74 Å². The first-order valence-electron chi connectivity index (χ1n) is 3.32. The first-order valence-corrected chi connectivity index (χ1v) is 4.90. The molecule has 0 fully saturated rings. The molecule has 0 amide bonds. The van der Waals surface area contributed by atoms with Crippen molar-refractivity contribution in [1.82, 2.24) is 0 Å². The molecule has 1 rings (SSSR count). The van der Waals surface area contributed by atoms with Gasteiger partial charge in [0.25, 0.3) is 0 Å². The van der Waals surface area contributed by atoms with E-state index in [1.807, 2.05) is 25.1 Å². The van der Waals surface area contributed by atoms with Crippen LogP contribution in [0.3, 0.4) is 0 Å². The van der Waals surface area contributed by atoms with E-state index in [0.717, 1.165) is 14.7 Å². The predicted molar refractivity (Wildman–Crippen MR) is 53.0 cm³/mol. The largest absolute Gasteiger partial charge is 0.493 e. The summed E-state index contributed by atoms with van der Waals surface area (Å²) >= 11 is 6.75. The Labute approximate surface area is 83.0 Å². The van der Waals surface area contributed by atoms with E-state index in [1.54, 1.807) is 0 Å². The van der Waals surface area contributed by atoms with Crippen LogP contribution in [0.4, 0.5) is 0 Å². The van der Waals surface area contributed by atoms with Gasteiger partial charge in [0.05, 0.1) is 11.1 Å². The van der Waals surface area contributed by atoms with Crippen LogP contribution < -0.4 is 4.74 Å². The van der Waals surface area contributed by atoms with Crippen LogP contribution in [-0.2, 0) is 0 Å². The average Bonchev–Trinajstić information content (AvgIpc) is 1.95. The highest BCUT2D eigenvalue weighted by molar-refractivity contribution is 9.11. The highest BCUT2D eigenvalue weighted by Crippen LogP contribution is 2.27. The van der Waals surface area contributed by atoms with Crippen LogP contribution in [0.5, 0.6) is 5.75 Å². The maximum absolute atomic E-state index is 5.32. The maximum atomic E-state index is 5.32. The Bertz CT molecular complexity index is 248. The van der Waals surface area contributed by atoms with Gasteiger partial charge in [-0.05, 0) is 41.1 Å². The number of hydrogen-bond acceptors (Lipinski definition) is 1. The van der Waals surface area contributed by atoms with Gasteiger partial charge in [-0.1, -0.05) is 15.9 Å². The summed E-state index contributed by atoms with van der Waals surface area (Å²) in [4.78, 5) is 0. The van der Waals surface area contributed by atoms with Crippen molar-refractivity contribution in [3.05, 3.63) is 27.1 Å². The third kappa shape index (κ3) is 2.49. The molecule has 0 heterocycles. The third-order valence-corrected chi connectivity index (χ3v) is 2.31. The lowest BCUT2D eigenvalue weighted by Crippen LogP contribution is -1.91. The Morgan fingerprint density at radius 3 is 2.64 bits per heavy atom. The van der Waals surface area contributed by atoms with Gasteiger partial charge in [-0.3, -0.25) is 0 Å². The normalized spacial score (nSPS) is 9.73. The van der Waals surface area contributed by atoms with Crippen molar-refractivity contribution in [2.45, 2.75) is 6.92 Å². The van der Waals surface area contributed by atoms with Crippen LogP contribution in [-0.4, -0.2) is 6.61 Å². The van der Waals surface area contributed by atoms with Gasteiger partial charge < -0.3 is 4.74 Å². The van der Waals surface area contributed by atoms with Gasteiger partial charge in [-0.2, -0.15) is 0 Å². The number of benzene rings is 1. The maximum Gasteiger partial charge on any atom is 0.133 e. The molecule has 0 aliphatic carbocycles. The highest BCUT2D eigenvalue weighted by Gasteiger charge is 1.98. The minimum Gasteiger partial charge on any atom is -0.493 e. The molecule has 0 N–H and O–H groups in total. The van der Waals surface area contributed by atoms with Gasteiger partial charge in [0.1, 0.15) is 5.75 Å². The molecule has 3 heteroatoms. The lowest BCUT2D eigenvalue weighted by molar-refractivity contribution is 0.338. The lowest BCUT2D eigenvalue weighted by Gasteiger charge is -2.04. The van der Waals surface area contributed by atoms with Gasteiger partial charge in [0, 0.05) is 4.47 Å². The monoisotopic (exact) mass is 278 g/mol. The molecular weight excluding hydrogens is 272 g/mol. The summed E-state index contributed by atoms with van der Waals surface area (Å²) in [6.45, 7) is 2.66. The van der Waals surface area contributed by atoms with Crippen molar-refractivity contribution >= 4 is 31.9 Å². The molecular formula is C8H8Br2O. The quantitative estimate of drug-likeness (QED) is 0.804. The van der Waals surface area contributed by atoms with E-state index in [9.17, 15) is 0 Å². The van der Waals surface area contributed by atoms with Gasteiger partial charge in [0.2, 0.25) is 0 Å². The Hall–Kier alpha value is -0.0200. The zero-order chi connectivity index (χ0) is 8.27. The minimum atomic E-state index is 0.695. The molecule has 0 atom stereocenters. The molecule has 0 aliphatic heterocycles. The van der Waals surface area contributed by atoms with E-state index >= 15 is 0 Å². The van der Waals surface area contributed by atoms with Crippen molar-refractivity contribution < 1.29 is 4.74 Å². The molecule has 60 valence electrons. The molecule has 1 nitrogen and oxygen atoms in total. The summed E-state index contributed by atoms with van der Waals surface area (Å²) in [5, 5.41) is 0. The molecule has 0 aromatic heterocycles. The fourth-order valence-corrected chi connectivity index (χ4v) is 1.91. The van der Waals surface area contributed by atoms with E-state index in [2.05, 4.69) is 31.9 Å².